The molecule has 0 spiro atoms. The van der Waals surface area contributed by atoms with E-state index < -0.39 is 5.82 Å². The summed E-state index contributed by atoms with van der Waals surface area (Å²) < 4.78 is 18.0. The zero-order valence-corrected chi connectivity index (χ0v) is 8.29. The first-order valence-corrected chi connectivity index (χ1v) is 4.51. The molecule has 1 rings (SSSR count). The lowest BCUT2D eigenvalue weighted by Crippen LogP contribution is -2.17. The molecule has 0 aliphatic carbocycles. The lowest BCUT2D eigenvalue weighted by atomic mass is 10.1. The van der Waals surface area contributed by atoms with Crippen LogP contribution in [0.15, 0.2) is 24.3 Å². The number of ketones is 1. The first-order valence-electron chi connectivity index (χ1n) is 4.51. The number of para-hydroxylation sites is 1. The Kier molecular flexibility index (Phi) is 3.63. The van der Waals surface area contributed by atoms with Gasteiger partial charge < -0.3 is 4.74 Å². The van der Waals surface area contributed by atoms with Crippen molar-refractivity contribution in [2.24, 2.45) is 5.92 Å². The zero-order chi connectivity index (χ0) is 10.6. The number of hydrogen-bond donors (Lipinski definition) is 0. The van der Waals surface area contributed by atoms with Crippen molar-refractivity contribution in [3.63, 3.8) is 0 Å². The second kappa shape index (κ2) is 4.74. The predicted molar refractivity (Wildman–Crippen MR) is 51.7 cm³/mol. The Hall–Kier alpha value is -1.38. The molecule has 0 saturated carbocycles. The van der Waals surface area contributed by atoms with Crippen molar-refractivity contribution in [2.45, 2.75) is 13.8 Å². The van der Waals surface area contributed by atoms with Crippen LogP contribution in [0.4, 0.5) is 4.39 Å². The van der Waals surface area contributed by atoms with Crippen molar-refractivity contribution in [3.05, 3.63) is 30.1 Å². The van der Waals surface area contributed by atoms with Gasteiger partial charge in [0, 0.05) is 5.92 Å². The van der Waals surface area contributed by atoms with Crippen molar-refractivity contribution >= 4 is 5.78 Å². The van der Waals surface area contributed by atoms with E-state index in [1.165, 1.54) is 12.1 Å². The summed E-state index contributed by atoms with van der Waals surface area (Å²) in [6.07, 6.45) is 0. The van der Waals surface area contributed by atoms with E-state index in [9.17, 15) is 9.18 Å². The molecule has 0 radical (unpaired) electrons. The molecule has 1 aromatic rings. The number of carbonyl (C=O) groups excluding carboxylic acids is 1. The van der Waals surface area contributed by atoms with E-state index in [1.807, 2.05) is 0 Å². The molecule has 0 heterocycles. The quantitative estimate of drug-likeness (QED) is 0.739. The highest BCUT2D eigenvalue weighted by Crippen LogP contribution is 2.15. The minimum atomic E-state index is -0.441. The molecule has 0 aromatic heterocycles. The van der Waals surface area contributed by atoms with Crippen LogP contribution in [0.25, 0.3) is 0 Å². The first kappa shape index (κ1) is 10.7. The molecule has 0 fully saturated rings. The third kappa shape index (κ3) is 2.83. The van der Waals surface area contributed by atoms with Gasteiger partial charge in [0.25, 0.3) is 0 Å². The Morgan fingerprint density at radius 1 is 1.43 bits per heavy atom. The second-order valence-corrected chi connectivity index (χ2v) is 3.34. The molecule has 2 nitrogen and oxygen atoms in total. The molecule has 76 valence electrons. The van der Waals surface area contributed by atoms with Crippen LogP contribution in [0.1, 0.15) is 13.8 Å². The number of halogens is 1. The summed E-state index contributed by atoms with van der Waals surface area (Å²) in [4.78, 5) is 11.2. The van der Waals surface area contributed by atoms with Crippen LogP contribution in [-0.4, -0.2) is 12.4 Å². The fourth-order valence-electron chi connectivity index (χ4n) is 0.877. The maximum atomic E-state index is 13.0. The summed E-state index contributed by atoms with van der Waals surface area (Å²) >= 11 is 0. The van der Waals surface area contributed by atoms with Gasteiger partial charge in [0.05, 0.1) is 0 Å². The van der Waals surface area contributed by atoms with Crippen molar-refractivity contribution in [3.8, 4) is 5.75 Å². The van der Waals surface area contributed by atoms with E-state index >= 15 is 0 Å². The van der Waals surface area contributed by atoms with Crippen LogP contribution >= 0.6 is 0 Å². The Morgan fingerprint density at radius 2 is 2.07 bits per heavy atom. The van der Waals surface area contributed by atoms with Crippen molar-refractivity contribution in [1.29, 1.82) is 0 Å². The number of ether oxygens (including phenoxy) is 1. The second-order valence-electron chi connectivity index (χ2n) is 3.34. The Labute approximate surface area is 82.7 Å². The number of rotatable bonds is 4. The van der Waals surface area contributed by atoms with Gasteiger partial charge in [-0.1, -0.05) is 26.0 Å². The summed E-state index contributed by atoms with van der Waals surface area (Å²) in [5.41, 5.74) is 0. The molecular formula is C11H13FO2. The molecule has 0 amide bonds. The zero-order valence-electron chi connectivity index (χ0n) is 8.29. The van der Waals surface area contributed by atoms with Gasteiger partial charge >= 0.3 is 0 Å². The summed E-state index contributed by atoms with van der Waals surface area (Å²) in [6, 6.07) is 6.04. The van der Waals surface area contributed by atoms with Gasteiger partial charge in [-0.25, -0.2) is 4.39 Å². The van der Waals surface area contributed by atoms with E-state index in [4.69, 9.17) is 4.74 Å². The van der Waals surface area contributed by atoms with Gasteiger partial charge in [0.2, 0.25) is 0 Å². The Balaban J connectivity index is 2.54. The molecule has 0 saturated heterocycles. The lowest BCUT2D eigenvalue weighted by molar-refractivity contribution is -0.123. The van der Waals surface area contributed by atoms with Crippen LogP contribution < -0.4 is 4.74 Å². The van der Waals surface area contributed by atoms with Crippen LogP contribution in [-0.2, 0) is 4.79 Å². The van der Waals surface area contributed by atoms with Gasteiger partial charge in [0.15, 0.2) is 17.3 Å². The summed E-state index contributed by atoms with van der Waals surface area (Å²) in [6.45, 7) is 3.50. The molecule has 0 N–H and O–H groups in total. The average molecular weight is 196 g/mol. The van der Waals surface area contributed by atoms with E-state index in [-0.39, 0.29) is 24.1 Å². The van der Waals surface area contributed by atoms with E-state index in [2.05, 4.69) is 0 Å². The third-order valence-electron chi connectivity index (χ3n) is 1.85. The highest BCUT2D eigenvalue weighted by Gasteiger charge is 2.09. The minimum absolute atomic E-state index is 0.0340. The predicted octanol–water partition coefficient (Wildman–Crippen LogP) is 2.43. The van der Waals surface area contributed by atoms with Gasteiger partial charge in [0.1, 0.15) is 6.61 Å². The number of hydrogen-bond acceptors (Lipinski definition) is 2. The van der Waals surface area contributed by atoms with Crippen LogP contribution in [0.5, 0.6) is 5.75 Å². The highest BCUT2D eigenvalue weighted by molar-refractivity contribution is 5.81. The summed E-state index contributed by atoms with van der Waals surface area (Å²) in [7, 11) is 0. The normalized spacial score (nSPS) is 10.3. The van der Waals surface area contributed by atoms with Crippen molar-refractivity contribution in [2.75, 3.05) is 6.61 Å². The van der Waals surface area contributed by atoms with Gasteiger partial charge in [-0.2, -0.15) is 0 Å². The molecule has 0 bridgehead atoms. The third-order valence-corrected chi connectivity index (χ3v) is 1.85. The van der Waals surface area contributed by atoms with Crippen molar-refractivity contribution < 1.29 is 13.9 Å². The Bertz CT molecular complexity index is 321. The molecule has 0 atom stereocenters. The first-order chi connectivity index (χ1) is 6.61. The standard InChI is InChI=1S/C11H13FO2/c1-8(2)10(13)7-14-11-6-4-3-5-9(11)12/h3-6,8H,7H2,1-2H3. The maximum Gasteiger partial charge on any atom is 0.172 e. The van der Waals surface area contributed by atoms with Crippen LogP contribution in [0, 0.1) is 11.7 Å². The Morgan fingerprint density at radius 3 is 2.64 bits per heavy atom. The van der Waals surface area contributed by atoms with Crippen LogP contribution in [0.2, 0.25) is 0 Å². The SMILES string of the molecule is CC(C)C(=O)COc1ccccc1F. The van der Waals surface area contributed by atoms with Crippen LogP contribution in [0.3, 0.4) is 0 Å². The molecule has 1 aromatic carbocycles. The molecule has 3 heteroatoms. The summed E-state index contributed by atoms with van der Waals surface area (Å²) in [5.74, 6) is -0.430. The number of carbonyl (C=O) groups is 1. The topological polar surface area (TPSA) is 26.3 Å². The van der Waals surface area contributed by atoms with Gasteiger partial charge in [-0.05, 0) is 12.1 Å². The maximum absolute atomic E-state index is 13.0. The van der Waals surface area contributed by atoms with Crippen molar-refractivity contribution in [1.82, 2.24) is 0 Å². The lowest BCUT2D eigenvalue weighted by Gasteiger charge is -2.07. The molecule has 0 unspecified atom stereocenters. The van der Waals surface area contributed by atoms with E-state index in [1.54, 1.807) is 26.0 Å². The molecule has 0 aliphatic rings. The van der Waals surface area contributed by atoms with Gasteiger partial charge in [-0.3, -0.25) is 4.79 Å². The monoisotopic (exact) mass is 196 g/mol. The van der Waals surface area contributed by atoms with E-state index in [0.29, 0.717) is 0 Å². The van der Waals surface area contributed by atoms with E-state index in [0.717, 1.165) is 0 Å². The van der Waals surface area contributed by atoms with Gasteiger partial charge in [-0.15, -0.1) is 0 Å². The highest BCUT2D eigenvalue weighted by atomic mass is 19.1. The molecule has 0 aliphatic heterocycles. The molecular weight excluding hydrogens is 183 g/mol. The smallest absolute Gasteiger partial charge is 0.172 e. The molecule has 14 heavy (non-hydrogen) atoms. The minimum Gasteiger partial charge on any atom is -0.483 e. The number of Topliss-reactive ketones (excluding diaryl/α,β-unsaturated/α-hetero) is 1. The fourth-order valence-corrected chi connectivity index (χ4v) is 0.877. The summed E-state index contributed by atoms with van der Waals surface area (Å²) in [5, 5.41) is 0. The number of benzene rings is 1. The fraction of sp³-hybridized carbons (Fsp3) is 0.364. The largest absolute Gasteiger partial charge is 0.483 e. The average Bonchev–Trinajstić information content (AvgIpc) is 2.16.